The monoisotopic (exact) mass is 365 g/mol. The van der Waals surface area contributed by atoms with E-state index in [-0.39, 0.29) is 0 Å². The predicted octanol–water partition coefficient (Wildman–Crippen LogP) is 4.18. The van der Waals surface area contributed by atoms with Crippen LogP contribution in [0, 0.1) is 0 Å². The molecule has 3 rings (SSSR count). The molecule has 1 aromatic carbocycles. The van der Waals surface area contributed by atoms with Crippen molar-refractivity contribution in [2.75, 3.05) is 18.4 Å². The minimum atomic E-state index is 0.429. The lowest BCUT2D eigenvalue weighted by Gasteiger charge is -2.17. The Hall–Kier alpha value is -1.10. The Morgan fingerprint density at radius 1 is 1.33 bits per heavy atom. The molecule has 0 aliphatic carbocycles. The molecule has 5 heteroatoms. The van der Waals surface area contributed by atoms with Crippen LogP contribution in [0.3, 0.4) is 0 Å². The molecule has 0 bridgehead atoms. The van der Waals surface area contributed by atoms with Gasteiger partial charge in [-0.2, -0.15) is 0 Å². The van der Waals surface area contributed by atoms with Crippen LogP contribution in [0.5, 0.6) is 0 Å². The van der Waals surface area contributed by atoms with Crippen molar-refractivity contribution in [1.29, 1.82) is 0 Å². The first-order chi connectivity index (χ1) is 10.2. The van der Waals surface area contributed by atoms with E-state index in [0.717, 1.165) is 36.3 Å². The van der Waals surface area contributed by atoms with Crippen molar-refractivity contribution in [1.82, 2.24) is 9.88 Å². The summed E-state index contributed by atoms with van der Waals surface area (Å²) < 4.78 is 0.913. The van der Waals surface area contributed by atoms with Gasteiger partial charge in [0.15, 0.2) is 0 Å². The van der Waals surface area contributed by atoms with Crippen LogP contribution >= 0.6 is 27.5 Å². The van der Waals surface area contributed by atoms with E-state index in [9.17, 15) is 0 Å². The number of likely N-dealkylation sites (tertiary alicyclic amines) is 1. The standard InChI is InChI=1S/C16H17BrClN3/c17-15-8-13(18)9-19-16(15)20-14-6-7-21(11-14)10-12-4-2-1-3-5-12/h1-5,8-9,14H,6-7,10-11H2,(H,19,20). The predicted molar refractivity (Wildman–Crippen MR) is 90.7 cm³/mol. The van der Waals surface area contributed by atoms with Crippen LogP contribution in [0.2, 0.25) is 5.02 Å². The van der Waals surface area contributed by atoms with E-state index in [1.807, 2.05) is 6.07 Å². The molecule has 3 nitrogen and oxygen atoms in total. The van der Waals surface area contributed by atoms with Gasteiger partial charge < -0.3 is 5.32 Å². The van der Waals surface area contributed by atoms with E-state index in [4.69, 9.17) is 11.6 Å². The lowest BCUT2D eigenvalue weighted by Crippen LogP contribution is -2.26. The number of pyridine rings is 1. The average Bonchev–Trinajstić information content (AvgIpc) is 2.90. The highest BCUT2D eigenvalue weighted by molar-refractivity contribution is 9.10. The summed E-state index contributed by atoms with van der Waals surface area (Å²) >= 11 is 9.42. The van der Waals surface area contributed by atoms with Crippen LogP contribution < -0.4 is 5.32 Å². The number of aromatic nitrogens is 1. The topological polar surface area (TPSA) is 28.2 Å². The summed E-state index contributed by atoms with van der Waals surface area (Å²) in [7, 11) is 0. The van der Waals surface area contributed by atoms with Crippen molar-refractivity contribution in [3.63, 3.8) is 0 Å². The second-order valence-corrected chi connectivity index (χ2v) is 6.63. The summed E-state index contributed by atoms with van der Waals surface area (Å²) in [6, 6.07) is 12.9. The lowest BCUT2D eigenvalue weighted by atomic mass is 10.2. The number of hydrogen-bond acceptors (Lipinski definition) is 3. The zero-order valence-corrected chi connectivity index (χ0v) is 13.9. The second kappa shape index (κ2) is 6.77. The molecule has 1 unspecified atom stereocenters. The van der Waals surface area contributed by atoms with Gasteiger partial charge in [-0.25, -0.2) is 4.98 Å². The molecule has 1 aliphatic heterocycles. The first-order valence-electron chi connectivity index (χ1n) is 7.04. The van der Waals surface area contributed by atoms with Crippen LogP contribution in [0.25, 0.3) is 0 Å². The van der Waals surface area contributed by atoms with Gasteiger partial charge in [-0.1, -0.05) is 41.9 Å². The summed E-state index contributed by atoms with van der Waals surface area (Å²) in [5, 5.41) is 4.14. The van der Waals surface area contributed by atoms with Crippen LogP contribution in [0.4, 0.5) is 5.82 Å². The highest BCUT2D eigenvalue weighted by Crippen LogP contribution is 2.25. The summed E-state index contributed by atoms with van der Waals surface area (Å²) in [6.07, 6.45) is 2.80. The fourth-order valence-electron chi connectivity index (χ4n) is 2.65. The number of hydrogen-bond donors (Lipinski definition) is 1. The van der Waals surface area contributed by atoms with Gasteiger partial charge in [-0.3, -0.25) is 4.90 Å². The SMILES string of the molecule is Clc1cnc(NC2CCN(Cc3ccccc3)C2)c(Br)c1. The number of rotatable bonds is 4. The molecule has 110 valence electrons. The van der Waals surface area contributed by atoms with Crippen molar-refractivity contribution < 1.29 is 0 Å². The van der Waals surface area contributed by atoms with Crippen molar-refractivity contribution in [2.45, 2.75) is 19.0 Å². The Balaban J connectivity index is 1.57. The van der Waals surface area contributed by atoms with E-state index in [0.29, 0.717) is 11.1 Å². The molecule has 1 fully saturated rings. The molecule has 1 aliphatic rings. The molecule has 2 aromatic rings. The maximum atomic E-state index is 5.92. The molecule has 1 aromatic heterocycles. The van der Waals surface area contributed by atoms with E-state index < -0.39 is 0 Å². The Morgan fingerprint density at radius 3 is 2.90 bits per heavy atom. The normalized spacial score (nSPS) is 18.9. The minimum absolute atomic E-state index is 0.429. The van der Waals surface area contributed by atoms with Gasteiger partial charge in [-0.05, 0) is 34.0 Å². The fourth-order valence-corrected chi connectivity index (χ4v) is 3.40. The zero-order valence-electron chi connectivity index (χ0n) is 11.6. The van der Waals surface area contributed by atoms with E-state index >= 15 is 0 Å². The van der Waals surface area contributed by atoms with Crippen LogP contribution in [0.1, 0.15) is 12.0 Å². The first kappa shape index (κ1) is 14.8. The Bertz CT molecular complexity index is 606. The number of anilines is 1. The number of halogens is 2. The largest absolute Gasteiger partial charge is 0.365 e. The highest BCUT2D eigenvalue weighted by Gasteiger charge is 2.23. The van der Waals surface area contributed by atoms with Gasteiger partial charge in [0, 0.05) is 31.9 Å². The van der Waals surface area contributed by atoms with E-state index in [1.165, 1.54) is 5.56 Å². The maximum absolute atomic E-state index is 5.92. The van der Waals surface area contributed by atoms with Crippen molar-refractivity contribution in [2.24, 2.45) is 0 Å². The third kappa shape index (κ3) is 3.96. The van der Waals surface area contributed by atoms with Crippen molar-refractivity contribution in [3.8, 4) is 0 Å². The van der Waals surface area contributed by atoms with Gasteiger partial charge in [0.25, 0.3) is 0 Å². The quantitative estimate of drug-likeness (QED) is 0.879. The summed E-state index contributed by atoms with van der Waals surface area (Å²) in [6.45, 7) is 3.15. The molecule has 0 amide bonds. The molecule has 2 heterocycles. The fraction of sp³-hybridized carbons (Fsp3) is 0.312. The summed E-state index contributed by atoms with van der Waals surface area (Å²) in [5.74, 6) is 0.867. The molecular weight excluding hydrogens is 350 g/mol. The third-order valence-corrected chi connectivity index (χ3v) is 4.48. The lowest BCUT2D eigenvalue weighted by molar-refractivity contribution is 0.328. The maximum Gasteiger partial charge on any atom is 0.140 e. The van der Waals surface area contributed by atoms with Crippen LogP contribution in [-0.4, -0.2) is 29.0 Å². The Kier molecular flexibility index (Phi) is 4.78. The smallest absolute Gasteiger partial charge is 0.140 e. The minimum Gasteiger partial charge on any atom is -0.365 e. The molecule has 0 saturated carbocycles. The molecule has 0 radical (unpaired) electrons. The van der Waals surface area contributed by atoms with Gasteiger partial charge >= 0.3 is 0 Å². The second-order valence-electron chi connectivity index (χ2n) is 5.33. The Labute approximate surface area is 138 Å². The van der Waals surface area contributed by atoms with Crippen LogP contribution in [0.15, 0.2) is 47.1 Å². The highest BCUT2D eigenvalue weighted by atomic mass is 79.9. The van der Waals surface area contributed by atoms with Gasteiger partial charge in [-0.15, -0.1) is 0 Å². The number of nitrogens with zero attached hydrogens (tertiary/aromatic N) is 2. The third-order valence-electron chi connectivity index (χ3n) is 3.67. The number of nitrogens with one attached hydrogen (secondary N) is 1. The zero-order chi connectivity index (χ0) is 14.7. The van der Waals surface area contributed by atoms with E-state index in [2.05, 4.69) is 61.5 Å². The molecule has 1 N–H and O–H groups in total. The molecular formula is C16H17BrClN3. The molecule has 1 atom stereocenters. The van der Waals surface area contributed by atoms with Gasteiger partial charge in [0.2, 0.25) is 0 Å². The summed E-state index contributed by atoms with van der Waals surface area (Å²) in [4.78, 5) is 6.81. The van der Waals surface area contributed by atoms with Crippen molar-refractivity contribution >= 4 is 33.3 Å². The molecule has 0 spiro atoms. The van der Waals surface area contributed by atoms with E-state index in [1.54, 1.807) is 6.20 Å². The number of benzene rings is 1. The first-order valence-corrected chi connectivity index (χ1v) is 8.21. The van der Waals surface area contributed by atoms with Gasteiger partial charge in [0.1, 0.15) is 5.82 Å². The van der Waals surface area contributed by atoms with Crippen LogP contribution in [-0.2, 0) is 6.54 Å². The Morgan fingerprint density at radius 2 is 2.14 bits per heavy atom. The molecule has 21 heavy (non-hydrogen) atoms. The van der Waals surface area contributed by atoms with Crippen molar-refractivity contribution in [3.05, 3.63) is 57.7 Å². The average molecular weight is 367 g/mol. The molecule has 1 saturated heterocycles. The summed E-state index contributed by atoms with van der Waals surface area (Å²) in [5.41, 5.74) is 1.36. The van der Waals surface area contributed by atoms with Gasteiger partial charge in [0.05, 0.1) is 9.50 Å².